The topological polar surface area (TPSA) is 99.8 Å². The Bertz CT molecular complexity index is 478. The van der Waals surface area contributed by atoms with Crippen LogP contribution in [-0.2, 0) is 0 Å². The molecule has 0 aliphatic carbocycles. The van der Waals surface area contributed by atoms with Crippen molar-refractivity contribution in [2.45, 2.75) is 6.23 Å². The molecule has 8 nitrogen and oxygen atoms in total. The lowest BCUT2D eigenvalue weighted by atomic mass is 10.3. The maximum Gasteiger partial charge on any atom is 0.327 e. The van der Waals surface area contributed by atoms with Crippen LogP contribution < -0.4 is 4.90 Å². The molecule has 1 aromatic heterocycles. The number of anilines is 1. The SMILES string of the molecule is CN1CC(O)N(c2ncccc2[N+](=O)[O-])C1=O. The van der Waals surface area contributed by atoms with Gasteiger partial charge in [-0.1, -0.05) is 0 Å². The Kier molecular flexibility index (Phi) is 2.64. The third-order valence-electron chi connectivity index (χ3n) is 2.46. The normalized spacial score (nSPS) is 19.9. The van der Waals surface area contributed by atoms with E-state index < -0.39 is 17.2 Å². The summed E-state index contributed by atoms with van der Waals surface area (Å²) in [5.74, 6) is -0.139. The number of pyridine rings is 1. The molecule has 1 unspecified atom stereocenters. The van der Waals surface area contributed by atoms with E-state index in [4.69, 9.17) is 0 Å². The van der Waals surface area contributed by atoms with Crippen molar-refractivity contribution in [2.24, 2.45) is 0 Å². The lowest BCUT2D eigenvalue weighted by molar-refractivity contribution is -0.384. The smallest absolute Gasteiger partial charge is 0.327 e. The number of rotatable bonds is 2. The number of nitro groups is 1. The van der Waals surface area contributed by atoms with E-state index >= 15 is 0 Å². The maximum atomic E-state index is 11.7. The Hall–Kier alpha value is -2.22. The van der Waals surface area contributed by atoms with Gasteiger partial charge in [0, 0.05) is 19.3 Å². The van der Waals surface area contributed by atoms with Crippen molar-refractivity contribution in [3.8, 4) is 0 Å². The van der Waals surface area contributed by atoms with E-state index in [2.05, 4.69) is 4.98 Å². The number of likely N-dealkylation sites (N-methyl/N-ethyl adjacent to an activating group) is 1. The molecule has 1 aromatic rings. The Morgan fingerprint density at radius 2 is 2.35 bits per heavy atom. The van der Waals surface area contributed by atoms with Gasteiger partial charge in [-0.2, -0.15) is 0 Å². The summed E-state index contributed by atoms with van der Waals surface area (Å²) < 4.78 is 0. The molecular formula is C9H10N4O4. The average molecular weight is 238 g/mol. The van der Waals surface area contributed by atoms with Gasteiger partial charge in [-0.15, -0.1) is 0 Å². The summed E-state index contributed by atoms with van der Waals surface area (Å²) in [6, 6.07) is 2.12. The van der Waals surface area contributed by atoms with Gasteiger partial charge in [0.2, 0.25) is 5.82 Å². The Morgan fingerprint density at radius 3 is 2.88 bits per heavy atom. The number of carbonyl (C=O) groups is 1. The molecule has 1 aliphatic heterocycles. The van der Waals surface area contributed by atoms with Crippen LogP contribution in [0.25, 0.3) is 0 Å². The quantitative estimate of drug-likeness (QED) is 0.585. The Labute approximate surface area is 96.2 Å². The predicted octanol–water partition coefficient (Wildman–Crippen LogP) is 0.180. The molecule has 8 heteroatoms. The summed E-state index contributed by atoms with van der Waals surface area (Å²) >= 11 is 0. The van der Waals surface area contributed by atoms with Crippen LogP contribution in [0.1, 0.15) is 0 Å². The highest BCUT2D eigenvalue weighted by molar-refractivity contribution is 5.95. The zero-order valence-electron chi connectivity index (χ0n) is 8.98. The van der Waals surface area contributed by atoms with Gasteiger partial charge in [-0.25, -0.2) is 14.7 Å². The molecule has 0 bridgehead atoms. The number of amides is 2. The molecular weight excluding hydrogens is 228 g/mol. The minimum Gasteiger partial charge on any atom is -0.371 e. The fraction of sp³-hybridized carbons (Fsp3) is 0.333. The largest absolute Gasteiger partial charge is 0.371 e. The zero-order valence-corrected chi connectivity index (χ0v) is 8.98. The molecule has 2 amide bonds. The summed E-state index contributed by atoms with van der Waals surface area (Å²) in [6.07, 6.45) is 0.210. The van der Waals surface area contributed by atoms with Crippen molar-refractivity contribution < 1.29 is 14.8 Å². The van der Waals surface area contributed by atoms with E-state index in [1.807, 2.05) is 0 Å². The number of β-amino-alcohol motifs (C(OH)–C–C–N with tert-alkyl or cyclic N) is 1. The monoisotopic (exact) mass is 238 g/mol. The Balaban J connectivity index is 2.47. The van der Waals surface area contributed by atoms with E-state index in [1.165, 1.54) is 30.3 Å². The van der Waals surface area contributed by atoms with Crippen LogP contribution in [0.3, 0.4) is 0 Å². The lowest BCUT2D eigenvalue weighted by Crippen LogP contribution is -2.35. The number of aliphatic hydroxyl groups excluding tert-OH is 1. The second-order valence-electron chi connectivity index (χ2n) is 3.62. The first-order valence-corrected chi connectivity index (χ1v) is 4.84. The second kappa shape index (κ2) is 3.98. The van der Waals surface area contributed by atoms with Gasteiger partial charge < -0.3 is 10.0 Å². The zero-order chi connectivity index (χ0) is 12.6. The highest BCUT2D eigenvalue weighted by atomic mass is 16.6. The molecule has 0 aromatic carbocycles. The Morgan fingerprint density at radius 1 is 1.65 bits per heavy atom. The van der Waals surface area contributed by atoms with Crippen molar-refractivity contribution in [1.29, 1.82) is 0 Å². The summed E-state index contributed by atoms with van der Waals surface area (Å²) in [5.41, 5.74) is -0.310. The van der Waals surface area contributed by atoms with Crippen LogP contribution in [0.4, 0.5) is 16.3 Å². The third kappa shape index (κ3) is 1.78. The fourth-order valence-electron chi connectivity index (χ4n) is 1.66. The van der Waals surface area contributed by atoms with Gasteiger partial charge in [0.1, 0.15) is 0 Å². The van der Waals surface area contributed by atoms with Gasteiger partial charge in [-0.05, 0) is 6.07 Å². The number of carbonyl (C=O) groups excluding carboxylic acids is 1. The number of hydrogen-bond donors (Lipinski definition) is 1. The second-order valence-corrected chi connectivity index (χ2v) is 3.62. The van der Waals surface area contributed by atoms with E-state index in [9.17, 15) is 20.0 Å². The van der Waals surface area contributed by atoms with Crippen molar-refractivity contribution in [3.63, 3.8) is 0 Å². The molecule has 1 N–H and O–H groups in total. The first-order valence-electron chi connectivity index (χ1n) is 4.84. The van der Waals surface area contributed by atoms with Gasteiger partial charge in [0.25, 0.3) is 0 Å². The first-order chi connectivity index (χ1) is 8.02. The molecule has 2 heterocycles. The number of aliphatic hydroxyl groups is 1. The van der Waals surface area contributed by atoms with Crippen LogP contribution in [0.15, 0.2) is 18.3 Å². The number of urea groups is 1. The van der Waals surface area contributed by atoms with Crippen LogP contribution in [-0.4, -0.2) is 45.8 Å². The summed E-state index contributed by atoms with van der Waals surface area (Å²) in [7, 11) is 1.50. The molecule has 1 atom stereocenters. The molecule has 0 radical (unpaired) electrons. The van der Waals surface area contributed by atoms with Crippen molar-refractivity contribution >= 4 is 17.5 Å². The average Bonchev–Trinajstić information content (AvgIpc) is 2.53. The molecule has 17 heavy (non-hydrogen) atoms. The molecule has 0 saturated carbocycles. The van der Waals surface area contributed by atoms with Crippen molar-refractivity contribution in [1.82, 2.24) is 9.88 Å². The number of aromatic nitrogens is 1. The summed E-state index contributed by atoms with van der Waals surface area (Å²) in [6.45, 7) is 0.0898. The van der Waals surface area contributed by atoms with Crippen molar-refractivity contribution in [3.05, 3.63) is 28.4 Å². The molecule has 90 valence electrons. The molecule has 1 aliphatic rings. The highest BCUT2D eigenvalue weighted by Crippen LogP contribution is 2.29. The van der Waals surface area contributed by atoms with E-state index in [1.54, 1.807) is 0 Å². The third-order valence-corrected chi connectivity index (χ3v) is 2.46. The van der Waals surface area contributed by atoms with Gasteiger partial charge in [0.05, 0.1) is 11.5 Å². The van der Waals surface area contributed by atoms with Crippen molar-refractivity contribution in [2.75, 3.05) is 18.5 Å². The van der Waals surface area contributed by atoms with E-state index in [0.717, 1.165) is 4.90 Å². The van der Waals surface area contributed by atoms with E-state index in [-0.39, 0.29) is 18.1 Å². The lowest BCUT2D eigenvalue weighted by Gasteiger charge is -2.17. The molecule has 1 saturated heterocycles. The summed E-state index contributed by atoms with van der Waals surface area (Å²) in [5, 5.41) is 20.5. The van der Waals surface area contributed by atoms with Crippen LogP contribution in [0, 0.1) is 10.1 Å². The predicted molar refractivity (Wildman–Crippen MR) is 57.4 cm³/mol. The molecule has 2 rings (SSSR count). The van der Waals surface area contributed by atoms with Crippen LogP contribution in [0.2, 0.25) is 0 Å². The summed E-state index contributed by atoms with van der Waals surface area (Å²) in [4.78, 5) is 27.9. The molecule has 0 spiro atoms. The number of hydrogen-bond acceptors (Lipinski definition) is 5. The number of nitrogens with zero attached hydrogens (tertiary/aromatic N) is 4. The first kappa shape index (κ1) is 11.3. The van der Waals surface area contributed by atoms with Gasteiger partial charge in [-0.3, -0.25) is 10.1 Å². The minimum absolute atomic E-state index is 0.0898. The van der Waals surface area contributed by atoms with Gasteiger partial charge >= 0.3 is 11.7 Å². The standard InChI is InChI=1S/C9H10N4O4/c1-11-5-7(14)12(9(11)15)8-6(13(16)17)3-2-4-10-8/h2-4,7,14H,5H2,1H3. The minimum atomic E-state index is -1.12. The maximum absolute atomic E-state index is 11.7. The molecule has 1 fully saturated rings. The highest BCUT2D eigenvalue weighted by Gasteiger charge is 2.39. The van der Waals surface area contributed by atoms with Crippen LogP contribution >= 0.6 is 0 Å². The van der Waals surface area contributed by atoms with Crippen LogP contribution in [0.5, 0.6) is 0 Å². The fourth-order valence-corrected chi connectivity index (χ4v) is 1.66. The van der Waals surface area contributed by atoms with Gasteiger partial charge in [0.15, 0.2) is 6.23 Å². The van der Waals surface area contributed by atoms with E-state index in [0.29, 0.717) is 0 Å².